The smallest absolute Gasteiger partial charge is 0.155 e. The highest BCUT2D eigenvalue weighted by molar-refractivity contribution is 5.87. The van der Waals surface area contributed by atoms with Gasteiger partial charge in [-0.2, -0.15) is 5.10 Å². The number of hydrogen-bond acceptors (Lipinski definition) is 5. The van der Waals surface area contributed by atoms with E-state index in [1.807, 2.05) is 29.9 Å². The molecule has 3 aromatic rings. The normalized spacial score (nSPS) is 10.9. The first kappa shape index (κ1) is 12.5. The quantitative estimate of drug-likeness (QED) is 0.785. The van der Waals surface area contributed by atoms with Gasteiger partial charge < -0.3 is 5.32 Å². The molecule has 0 spiro atoms. The van der Waals surface area contributed by atoms with Crippen molar-refractivity contribution in [1.82, 2.24) is 24.7 Å². The molecule has 1 N–H and O–H groups in total. The zero-order valence-corrected chi connectivity index (χ0v) is 11.5. The van der Waals surface area contributed by atoms with Crippen LogP contribution in [0.1, 0.15) is 18.2 Å². The first-order valence-corrected chi connectivity index (χ1v) is 6.60. The summed E-state index contributed by atoms with van der Waals surface area (Å²) in [7, 11) is 0. The van der Waals surface area contributed by atoms with E-state index in [9.17, 15) is 0 Å². The number of anilines is 1. The number of pyridine rings is 1. The van der Waals surface area contributed by atoms with Crippen molar-refractivity contribution in [2.24, 2.45) is 0 Å². The highest BCUT2D eigenvalue weighted by Crippen LogP contribution is 2.22. The van der Waals surface area contributed by atoms with E-state index in [1.165, 1.54) is 0 Å². The van der Waals surface area contributed by atoms with Gasteiger partial charge in [0.15, 0.2) is 5.82 Å². The standard InChI is InChI=1S/C14H16N6/c1-3-20-13-12(10(2)19-20)17-9-18-14(13)16-8-11-5-4-6-15-7-11/h4-7,9H,3,8H2,1-2H3,(H,16,17,18). The number of fused-ring (bicyclic) bond motifs is 1. The van der Waals surface area contributed by atoms with Crippen molar-refractivity contribution in [1.29, 1.82) is 0 Å². The predicted molar refractivity (Wildman–Crippen MR) is 77.3 cm³/mol. The summed E-state index contributed by atoms with van der Waals surface area (Å²) in [4.78, 5) is 12.8. The summed E-state index contributed by atoms with van der Waals surface area (Å²) in [6.07, 6.45) is 5.18. The Balaban J connectivity index is 1.95. The van der Waals surface area contributed by atoms with E-state index in [2.05, 4.69) is 32.3 Å². The minimum Gasteiger partial charge on any atom is -0.364 e. The molecule has 0 unspecified atom stereocenters. The average molecular weight is 268 g/mol. The van der Waals surface area contributed by atoms with Crippen LogP contribution in [0.5, 0.6) is 0 Å². The lowest BCUT2D eigenvalue weighted by Crippen LogP contribution is -2.05. The van der Waals surface area contributed by atoms with Crippen molar-refractivity contribution in [2.75, 3.05) is 5.32 Å². The lowest BCUT2D eigenvalue weighted by Gasteiger charge is -2.08. The van der Waals surface area contributed by atoms with Gasteiger partial charge in [0.2, 0.25) is 0 Å². The highest BCUT2D eigenvalue weighted by atomic mass is 15.3. The Morgan fingerprint density at radius 3 is 2.95 bits per heavy atom. The van der Waals surface area contributed by atoms with Crippen LogP contribution in [0.15, 0.2) is 30.9 Å². The molecular formula is C14H16N6. The van der Waals surface area contributed by atoms with Crippen molar-refractivity contribution in [3.8, 4) is 0 Å². The average Bonchev–Trinajstić information content (AvgIpc) is 2.83. The minimum absolute atomic E-state index is 0.674. The summed E-state index contributed by atoms with van der Waals surface area (Å²) in [5, 5.41) is 7.83. The highest BCUT2D eigenvalue weighted by Gasteiger charge is 2.12. The molecule has 3 heterocycles. The van der Waals surface area contributed by atoms with Crippen molar-refractivity contribution < 1.29 is 0 Å². The van der Waals surface area contributed by atoms with Crippen LogP contribution in [0.2, 0.25) is 0 Å². The van der Waals surface area contributed by atoms with E-state index in [1.54, 1.807) is 12.5 Å². The molecule has 0 aliphatic heterocycles. The van der Waals surface area contributed by atoms with Gasteiger partial charge in [-0.15, -0.1) is 0 Å². The second-order valence-corrected chi connectivity index (χ2v) is 4.54. The first-order chi connectivity index (χ1) is 9.79. The Kier molecular flexibility index (Phi) is 3.28. The number of aryl methyl sites for hydroxylation is 2. The van der Waals surface area contributed by atoms with Gasteiger partial charge >= 0.3 is 0 Å². The Labute approximate surface area is 116 Å². The molecule has 0 bridgehead atoms. The summed E-state index contributed by atoms with van der Waals surface area (Å²) in [6.45, 7) is 5.49. The van der Waals surface area contributed by atoms with Crippen LogP contribution < -0.4 is 5.32 Å². The third kappa shape index (κ3) is 2.20. The van der Waals surface area contributed by atoms with E-state index >= 15 is 0 Å². The van der Waals surface area contributed by atoms with Crippen LogP contribution in [-0.4, -0.2) is 24.7 Å². The molecular weight excluding hydrogens is 252 g/mol. The molecule has 0 fully saturated rings. The maximum Gasteiger partial charge on any atom is 0.155 e. The van der Waals surface area contributed by atoms with Crippen LogP contribution in [0.3, 0.4) is 0 Å². The maximum atomic E-state index is 4.49. The molecule has 0 aliphatic carbocycles. The summed E-state index contributed by atoms with van der Waals surface area (Å²) in [5.74, 6) is 0.807. The van der Waals surface area contributed by atoms with Gasteiger partial charge in [0.25, 0.3) is 0 Å². The Hall–Kier alpha value is -2.50. The molecule has 0 aromatic carbocycles. The molecule has 6 nitrogen and oxygen atoms in total. The lowest BCUT2D eigenvalue weighted by atomic mass is 10.3. The molecule has 6 heteroatoms. The van der Waals surface area contributed by atoms with Crippen molar-refractivity contribution in [3.63, 3.8) is 0 Å². The zero-order valence-electron chi connectivity index (χ0n) is 11.5. The fourth-order valence-corrected chi connectivity index (χ4v) is 2.21. The molecule has 0 aliphatic rings. The van der Waals surface area contributed by atoms with Crippen molar-refractivity contribution in [3.05, 3.63) is 42.1 Å². The number of aromatic nitrogens is 5. The molecule has 0 saturated heterocycles. The topological polar surface area (TPSA) is 68.5 Å². The third-order valence-electron chi connectivity index (χ3n) is 3.18. The second-order valence-electron chi connectivity index (χ2n) is 4.54. The zero-order chi connectivity index (χ0) is 13.9. The van der Waals surface area contributed by atoms with Gasteiger partial charge in [-0.25, -0.2) is 9.97 Å². The molecule has 102 valence electrons. The monoisotopic (exact) mass is 268 g/mol. The molecule has 20 heavy (non-hydrogen) atoms. The van der Waals surface area contributed by atoms with E-state index < -0.39 is 0 Å². The van der Waals surface area contributed by atoms with Gasteiger partial charge in [-0.1, -0.05) is 6.07 Å². The van der Waals surface area contributed by atoms with Crippen LogP contribution in [0, 0.1) is 6.92 Å². The number of nitrogens with zero attached hydrogens (tertiary/aromatic N) is 5. The van der Waals surface area contributed by atoms with Gasteiger partial charge in [0, 0.05) is 25.5 Å². The SMILES string of the molecule is CCn1nc(C)c2ncnc(NCc3cccnc3)c21. The number of nitrogens with one attached hydrogen (secondary N) is 1. The van der Waals surface area contributed by atoms with Crippen molar-refractivity contribution in [2.45, 2.75) is 26.9 Å². The van der Waals surface area contributed by atoms with Crippen molar-refractivity contribution >= 4 is 16.9 Å². The second kappa shape index (κ2) is 5.24. The molecule has 0 saturated carbocycles. The van der Waals surface area contributed by atoms with E-state index in [4.69, 9.17) is 0 Å². The lowest BCUT2D eigenvalue weighted by molar-refractivity contribution is 0.675. The summed E-state index contributed by atoms with van der Waals surface area (Å²) in [6, 6.07) is 3.95. The molecule has 0 atom stereocenters. The Bertz CT molecular complexity index is 719. The molecule has 0 amide bonds. The fourth-order valence-electron chi connectivity index (χ4n) is 2.21. The van der Waals surface area contributed by atoms with Gasteiger partial charge in [-0.05, 0) is 25.5 Å². The molecule has 3 aromatic heterocycles. The fraction of sp³-hybridized carbons (Fsp3) is 0.286. The van der Waals surface area contributed by atoms with E-state index in [0.29, 0.717) is 6.54 Å². The van der Waals surface area contributed by atoms with Crippen LogP contribution in [0.25, 0.3) is 11.0 Å². The maximum absolute atomic E-state index is 4.49. The summed E-state index contributed by atoms with van der Waals surface area (Å²) < 4.78 is 1.93. The van der Waals surface area contributed by atoms with E-state index in [-0.39, 0.29) is 0 Å². The number of rotatable bonds is 4. The molecule has 3 rings (SSSR count). The summed E-state index contributed by atoms with van der Waals surface area (Å²) in [5.41, 5.74) is 3.89. The van der Waals surface area contributed by atoms with Gasteiger partial charge in [-0.3, -0.25) is 9.67 Å². The summed E-state index contributed by atoms with van der Waals surface area (Å²) >= 11 is 0. The Morgan fingerprint density at radius 1 is 1.30 bits per heavy atom. The predicted octanol–water partition coefficient (Wildman–Crippen LogP) is 2.16. The molecule has 0 radical (unpaired) electrons. The van der Waals surface area contributed by atoms with Gasteiger partial charge in [0.1, 0.15) is 17.4 Å². The first-order valence-electron chi connectivity index (χ1n) is 6.60. The van der Waals surface area contributed by atoms with Crippen LogP contribution in [-0.2, 0) is 13.1 Å². The number of hydrogen-bond donors (Lipinski definition) is 1. The minimum atomic E-state index is 0.674. The largest absolute Gasteiger partial charge is 0.364 e. The Morgan fingerprint density at radius 2 is 2.20 bits per heavy atom. The third-order valence-corrected chi connectivity index (χ3v) is 3.18. The van der Waals surface area contributed by atoms with Crippen LogP contribution in [0.4, 0.5) is 5.82 Å². The van der Waals surface area contributed by atoms with Crippen LogP contribution >= 0.6 is 0 Å². The van der Waals surface area contributed by atoms with Gasteiger partial charge in [0.05, 0.1) is 5.69 Å². The van der Waals surface area contributed by atoms with E-state index in [0.717, 1.165) is 34.7 Å².